The van der Waals surface area contributed by atoms with Crippen LogP contribution in [0.15, 0.2) is 29.3 Å². The highest BCUT2D eigenvalue weighted by Crippen LogP contribution is 2.16. The largest absolute Gasteiger partial charge is 0.386 e. The fraction of sp³-hybridized carbons (Fsp3) is 0.533. The molecule has 0 amide bonds. The third kappa shape index (κ3) is 6.26. The van der Waals surface area contributed by atoms with Gasteiger partial charge in [0.1, 0.15) is 0 Å². The van der Waals surface area contributed by atoms with Gasteiger partial charge >= 0.3 is 0 Å². The van der Waals surface area contributed by atoms with Gasteiger partial charge in [0.15, 0.2) is 5.96 Å². The second kappa shape index (κ2) is 7.50. The molecule has 0 spiro atoms. The summed E-state index contributed by atoms with van der Waals surface area (Å²) in [6.07, 6.45) is -0.636. The lowest BCUT2D eigenvalue weighted by atomic mass is 10.1. The minimum Gasteiger partial charge on any atom is -0.386 e. The molecule has 3 N–H and O–H groups in total. The number of aliphatic hydroxyl groups is 1. The number of aliphatic hydroxyl groups excluding tert-OH is 1. The topological polar surface area (TPSA) is 56.7 Å². The van der Waals surface area contributed by atoms with E-state index >= 15 is 0 Å². The van der Waals surface area contributed by atoms with Crippen LogP contribution in [-0.4, -0.2) is 29.7 Å². The minimum atomic E-state index is -0.636. The van der Waals surface area contributed by atoms with Crippen molar-refractivity contribution in [3.63, 3.8) is 0 Å². The Labute approximate surface area is 126 Å². The van der Waals surface area contributed by atoms with Crippen molar-refractivity contribution in [1.29, 1.82) is 0 Å². The van der Waals surface area contributed by atoms with Crippen LogP contribution in [0.5, 0.6) is 0 Å². The third-order valence-electron chi connectivity index (χ3n) is 2.51. The van der Waals surface area contributed by atoms with Crippen LogP contribution in [0.25, 0.3) is 0 Å². The summed E-state index contributed by atoms with van der Waals surface area (Å²) < 4.78 is 0. The van der Waals surface area contributed by atoms with Gasteiger partial charge in [-0.3, -0.25) is 4.99 Å². The molecule has 0 fully saturated rings. The van der Waals surface area contributed by atoms with Crippen molar-refractivity contribution >= 4 is 17.6 Å². The summed E-state index contributed by atoms with van der Waals surface area (Å²) in [5, 5.41) is 17.2. The van der Waals surface area contributed by atoms with Crippen LogP contribution in [0.4, 0.5) is 0 Å². The molecule has 0 saturated heterocycles. The first-order valence-corrected chi connectivity index (χ1v) is 7.19. The molecule has 4 nitrogen and oxygen atoms in total. The molecule has 112 valence electrons. The van der Waals surface area contributed by atoms with Crippen molar-refractivity contribution in [2.75, 3.05) is 13.1 Å². The lowest BCUT2D eigenvalue weighted by Gasteiger charge is -2.24. The Morgan fingerprint density at radius 2 is 1.90 bits per heavy atom. The van der Waals surface area contributed by atoms with Crippen molar-refractivity contribution in [3.8, 4) is 0 Å². The molecule has 0 bridgehead atoms. The fourth-order valence-corrected chi connectivity index (χ4v) is 1.76. The number of guanidine groups is 1. The molecule has 0 heterocycles. The van der Waals surface area contributed by atoms with Gasteiger partial charge in [0, 0.05) is 17.1 Å². The Morgan fingerprint density at radius 1 is 1.30 bits per heavy atom. The van der Waals surface area contributed by atoms with Gasteiger partial charge in [-0.05, 0) is 45.4 Å². The first-order chi connectivity index (χ1) is 9.31. The zero-order valence-corrected chi connectivity index (χ0v) is 13.3. The molecule has 1 aromatic rings. The maximum absolute atomic E-state index is 10.1. The van der Waals surface area contributed by atoms with E-state index in [2.05, 4.69) is 36.4 Å². The van der Waals surface area contributed by atoms with E-state index in [9.17, 15) is 5.11 Å². The minimum absolute atomic E-state index is 0.0772. The van der Waals surface area contributed by atoms with E-state index in [1.165, 1.54) is 0 Å². The van der Waals surface area contributed by atoms with Crippen LogP contribution in [0.3, 0.4) is 0 Å². The van der Waals surface area contributed by atoms with Crippen LogP contribution in [0.2, 0.25) is 5.02 Å². The number of nitrogens with one attached hydrogen (secondary N) is 2. The van der Waals surface area contributed by atoms with Crippen LogP contribution in [0, 0.1) is 0 Å². The molecule has 20 heavy (non-hydrogen) atoms. The quantitative estimate of drug-likeness (QED) is 0.592. The Kier molecular flexibility index (Phi) is 6.30. The van der Waals surface area contributed by atoms with Crippen molar-refractivity contribution in [3.05, 3.63) is 34.9 Å². The highest BCUT2D eigenvalue weighted by Gasteiger charge is 2.13. The highest BCUT2D eigenvalue weighted by atomic mass is 35.5. The van der Waals surface area contributed by atoms with Gasteiger partial charge in [-0.1, -0.05) is 23.7 Å². The van der Waals surface area contributed by atoms with Crippen molar-refractivity contribution < 1.29 is 5.11 Å². The van der Waals surface area contributed by atoms with Crippen LogP contribution < -0.4 is 10.6 Å². The molecule has 0 aliphatic heterocycles. The number of aliphatic imine (C=N–C) groups is 1. The summed E-state index contributed by atoms with van der Waals surface area (Å²) >= 11 is 5.83. The van der Waals surface area contributed by atoms with E-state index in [-0.39, 0.29) is 5.54 Å². The van der Waals surface area contributed by atoms with E-state index in [1.54, 1.807) is 12.1 Å². The summed E-state index contributed by atoms with van der Waals surface area (Å²) in [5.41, 5.74) is 0.733. The molecular weight excluding hydrogens is 274 g/mol. The molecular formula is C15H24ClN3O. The summed E-state index contributed by atoms with van der Waals surface area (Å²) in [5.74, 6) is 0.702. The normalized spacial score (nSPS) is 14.0. The second-order valence-electron chi connectivity index (χ2n) is 5.66. The van der Waals surface area contributed by atoms with Crippen molar-refractivity contribution in [2.45, 2.75) is 39.3 Å². The highest BCUT2D eigenvalue weighted by molar-refractivity contribution is 6.30. The molecule has 1 aromatic carbocycles. The zero-order chi connectivity index (χ0) is 15.2. The smallest absolute Gasteiger partial charge is 0.191 e. The predicted octanol–water partition coefficient (Wildman–Crippen LogP) is 2.73. The van der Waals surface area contributed by atoms with Crippen LogP contribution in [-0.2, 0) is 0 Å². The van der Waals surface area contributed by atoms with Crippen LogP contribution >= 0.6 is 11.6 Å². The third-order valence-corrected chi connectivity index (χ3v) is 2.77. The van der Waals surface area contributed by atoms with Gasteiger partial charge in [0.2, 0.25) is 0 Å². The second-order valence-corrected chi connectivity index (χ2v) is 6.10. The molecule has 0 aliphatic carbocycles. The summed E-state index contributed by atoms with van der Waals surface area (Å²) in [7, 11) is 0. The molecule has 1 atom stereocenters. The Balaban J connectivity index is 2.68. The van der Waals surface area contributed by atoms with E-state index in [4.69, 9.17) is 11.6 Å². The van der Waals surface area contributed by atoms with Crippen molar-refractivity contribution in [2.24, 2.45) is 4.99 Å². The zero-order valence-electron chi connectivity index (χ0n) is 12.6. The predicted molar refractivity (Wildman–Crippen MR) is 85.3 cm³/mol. The number of hydrogen-bond donors (Lipinski definition) is 3. The number of benzene rings is 1. The van der Waals surface area contributed by atoms with Gasteiger partial charge in [-0.15, -0.1) is 0 Å². The number of hydrogen-bond acceptors (Lipinski definition) is 2. The monoisotopic (exact) mass is 297 g/mol. The van der Waals surface area contributed by atoms with E-state index in [1.807, 2.05) is 19.1 Å². The lowest BCUT2D eigenvalue weighted by Crippen LogP contribution is -2.47. The molecule has 0 aliphatic rings. The maximum atomic E-state index is 10.1. The lowest BCUT2D eigenvalue weighted by molar-refractivity contribution is 0.187. The maximum Gasteiger partial charge on any atom is 0.191 e. The number of rotatable bonds is 4. The molecule has 0 saturated carbocycles. The molecule has 1 unspecified atom stereocenters. The van der Waals surface area contributed by atoms with Crippen LogP contribution in [0.1, 0.15) is 39.4 Å². The average Bonchev–Trinajstić information content (AvgIpc) is 2.35. The molecule has 1 rings (SSSR count). The SMILES string of the molecule is CCNC(=NCC(O)c1ccc(Cl)cc1)NC(C)(C)C. The average molecular weight is 298 g/mol. The molecule has 5 heteroatoms. The van der Waals surface area contributed by atoms with Gasteiger partial charge in [0.05, 0.1) is 12.6 Å². The number of nitrogens with zero attached hydrogens (tertiary/aromatic N) is 1. The van der Waals surface area contributed by atoms with Gasteiger partial charge < -0.3 is 15.7 Å². The van der Waals surface area contributed by atoms with E-state index < -0.39 is 6.10 Å². The molecule has 0 radical (unpaired) electrons. The summed E-state index contributed by atoms with van der Waals surface area (Å²) in [4.78, 5) is 4.41. The first-order valence-electron chi connectivity index (χ1n) is 6.82. The van der Waals surface area contributed by atoms with E-state index in [0.717, 1.165) is 12.1 Å². The summed E-state index contributed by atoms with van der Waals surface area (Å²) in [6.45, 7) is 9.28. The fourth-order valence-electron chi connectivity index (χ4n) is 1.63. The Bertz CT molecular complexity index is 437. The Morgan fingerprint density at radius 3 is 2.40 bits per heavy atom. The number of halogens is 1. The first kappa shape index (κ1) is 16.8. The van der Waals surface area contributed by atoms with Gasteiger partial charge in [-0.2, -0.15) is 0 Å². The Hall–Kier alpha value is -1.26. The van der Waals surface area contributed by atoms with Gasteiger partial charge in [0.25, 0.3) is 0 Å². The van der Waals surface area contributed by atoms with Gasteiger partial charge in [-0.25, -0.2) is 0 Å². The molecule has 0 aromatic heterocycles. The van der Waals surface area contributed by atoms with E-state index in [0.29, 0.717) is 17.5 Å². The standard InChI is InChI=1S/C15H24ClN3O/c1-5-17-14(19-15(2,3)4)18-10-13(20)11-6-8-12(16)9-7-11/h6-9,13,20H,5,10H2,1-4H3,(H2,17,18,19). The summed E-state index contributed by atoms with van der Waals surface area (Å²) in [6, 6.07) is 7.16. The van der Waals surface area contributed by atoms with Crippen molar-refractivity contribution in [1.82, 2.24) is 10.6 Å².